The highest BCUT2D eigenvalue weighted by Gasteiger charge is 2.28. The first kappa shape index (κ1) is 16.2. The van der Waals surface area contributed by atoms with Crippen LogP contribution in [0.15, 0.2) is 30.3 Å². The van der Waals surface area contributed by atoms with Crippen LogP contribution in [0, 0.1) is 0 Å². The lowest BCUT2D eigenvalue weighted by Crippen LogP contribution is -2.29. The first-order valence-electron chi connectivity index (χ1n) is 7.95. The largest absolute Gasteiger partial charge is 0.395 e. The Bertz CT molecular complexity index is 314. The number of aliphatic hydroxyl groups excluding tert-OH is 1. The predicted molar refractivity (Wildman–Crippen MR) is 83.5 cm³/mol. The van der Waals surface area contributed by atoms with E-state index in [1.807, 2.05) is 6.07 Å². The molecule has 1 aromatic carbocycles. The van der Waals surface area contributed by atoms with Crippen LogP contribution in [0.3, 0.4) is 0 Å². The van der Waals surface area contributed by atoms with Crippen molar-refractivity contribution in [1.29, 1.82) is 0 Å². The van der Waals surface area contributed by atoms with Crippen LogP contribution >= 0.6 is 0 Å². The van der Waals surface area contributed by atoms with Crippen LogP contribution in [0.5, 0.6) is 0 Å². The van der Waals surface area contributed by atoms with Crippen molar-refractivity contribution in [3.8, 4) is 0 Å². The normalized spacial score (nSPS) is 14.3. The van der Waals surface area contributed by atoms with Gasteiger partial charge in [0.1, 0.15) is 0 Å². The molecule has 0 aliphatic carbocycles. The molecule has 19 heavy (non-hydrogen) atoms. The van der Waals surface area contributed by atoms with Gasteiger partial charge in [0.2, 0.25) is 0 Å². The molecular formula is C18H30O. The summed E-state index contributed by atoms with van der Waals surface area (Å²) in [7, 11) is 0. The summed E-state index contributed by atoms with van der Waals surface area (Å²) in [6.45, 7) is 4.71. The molecule has 0 heterocycles. The lowest BCUT2D eigenvalue weighted by atomic mass is 9.75. The van der Waals surface area contributed by atoms with E-state index in [1.165, 1.54) is 44.1 Å². The number of hydrogen-bond acceptors (Lipinski definition) is 1. The van der Waals surface area contributed by atoms with Gasteiger partial charge in [-0.1, -0.05) is 82.7 Å². The molecule has 1 nitrogen and oxygen atoms in total. The molecule has 0 aliphatic rings. The van der Waals surface area contributed by atoms with Gasteiger partial charge < -0.3 is 5.11 Å². The maximum absolute atomic E-state index is 9.87. The quantitative estimate of drug-likeness (QED) is 0.583. The average Bonchev–Trinajstić information content (AvgIpc) is 2.48. The van der Waals surface area contributed by atoms with Gasteiger partial charge in [-0.15, -0.1) is 0 Å². The lowest BCUT2D eigenvalue weighted by Gasteiger charge is -2.31. The second kappa shape index (κ2) is 9.14. The summed E-state index contributed by atoms with van der Waals surface area (Å²) in [5.74, 6) is 0. The third kappa shape index (κ3) is 4.99. The van der Waals surface area contributed by atoms with Crippen molar-refractivity contribution in [3.05, 3.63) is 35.9 Å². The van der Waals surface area contributed by atoms with Crippen LogP contribution in [-0.4, -0.2) is 11.7 Å². The Balaban J connectivity index is 2.48. The van der Waals surface area contributed by atoms with Crippen LogP contribution in [-0.2, 0) is 5.41 Å². The lowest BCUT2D eigenvalue weighted by molar-refractivity contribution is 0.175. The van der Waals surface area contributed by atoms with Gasteiger partial charge in [0.15, 0.2) is 0 Å². The van der Waals surface area contributed by atoms with Crippen molar-refractivity contribution in [2.24, 2.45) is 0 Å². The van der Waals surface area contributed by atoms with Gasteiger partial charge in [0, 0.05) is 5.41 Å². The van der Waals surface area contributed by atoms with Gasteiger partial charge in [0.05, 0.1) is 6.61 Å². The molecule has 0 aliphatic heterocycles. The fourth-order valence-electron chi connectivity index (χ4n) is 2.84. The summed E-state index contributed by atoms with van der Waals surface area (Å²) >= 11 is 0. The topological polar surface area (TPSA) is 20.2 Å². The molecule has 1 N–H and O–H groups in total. The summed E-state index contributed by atoms with van der Waals surface area (Å²) in [6.07, 6.45) is 10.0. The zero-order chi connectivity index (χ0) is 14.0. The van der Waals surface area contributed by atoms with E-state index in [0.717, 1.165) is 12.8 Å². The summed E-state index contributed by atoms with van der Waals surface area (Å²) in [6, 6.07) is 10.5. The number of rotatable bonds is 10. The first-order chi connectivity index (χ1) is 9.29. The maximum atomic E-state index is 9.87. The summed E-state index contributed by atoms with van der Waals surface area (Å²) in [5.41, 5.74) is 1.28. The molecule has 1 rings (SSSR count). The Labute approximate surface area is 119 Å². The molecule has 0 aromatic heterocycles. The van der Waals surface area contributed by atoms with E-state index in [1.54, 1.807) is 0 Å². The molecule has 1 unspecified atom stereocenters. The van der Waals surface area contributed by atoms with Gasteiger partial charge >= 0.3 is 0 Å². The predicted octanol–water partition coefficient (Wildman–Crippen LogP) is 5.08. The minimum atomic E-state index is -0.0218. The first-order valence-corrected chi connectivity index (χ1v) is 7.95. The van der Waals surface area contributed by atoms with Gasteiger partial charge in [0.25, 0.3) is 0 Å². The summed E-state index contributed by atoms with van der Waals surface area (Å²) < 4.78 is 0. The highest BCUT2D eigenvalue weighted by Crippen LogP contribution is 2.33. The monoisotopic (exact) mass is 262 g/mol. The summed E-state index contributed by atoms with van der Waals surface area (Å²) in [5, 5.41) is 9.87. The molecule has 0 spiro atoms. The highest BCUT2D eigenvalue weighted by molar-refractivity contribution is 5.25. The van der Waals surface area contributed by atoms with E-state index in [0.29, 0.717) is 0 Å². The van der Waals surface area contributed by atoms with Crippen LogP contribution in [0.25, 0.3) is 0 Å². The molecule has 1 atom stereocenters. The van der Waals surface area contributed by atoms with Crippen LogP contribution in [0.1, 0.15) is 70.8 Å². The fraction of sp³-hybridized carbons (Fsp3) is 0.667. The van der Waals surface area contributed by atoms with Crippen LogP contribution < -0.4 is 0 Å². The smallest absolute Gasteiger partial charge is 0.0527 e. The number of unbranched alkanes of at least 4 members (excludes halogenated alkanes) is 5. The zero-order valence-corrected chi connectivity index (χ0v) is 12.7. The molecule has 0 radical (unpaired) electrons. The van der Waals surface area contributed by atoms with Crippen molar-refractivity contribution in [3.63, 3.8) is 0 Å². The Kier molecular flexibility index (Phi) is 7.81. The molecule has 0 saturated carbocycles. The highest BCUT2D eigenvalue weighted by atomic mass is 16.3. The van der Waals surface area contributed by atoms with E-state index in [4.69, 9.17) is 0 Å². The fourth-order valence-corrected chi connectivity index (χ4v) is 2.84. The molecule has 0 saturated heterocycles. The third-order valence-electron chi connectivity index (χ3n) is 4.37. The second-order valence-corrected chi connectivity index (χ2v) is 5.68. The third-order valence-corrected chi connectivity index (χ3v) is 4.37. The molecule has 108 valence electrons. The van der Waals surface area contributed by atoms with E-state index < -0.39 is 0 Å². The van der Waals surface area contributed by atoms with Gasteiger partial charge in [-0.2, -0.15) is 0 Å². The summed E-state index contributed by atoms with van der Waals surface area (Å²) in [4.78, 5) is 0. The van der Waals surface area contributed by atoms with Gasteiger partial charge in [-0.25, -0.2) is 0 Å². The molecule has 0 amide bonds. The Hall–Kier alpha value is -0.820. The van der Waals surface area contributed by atoms with Crippen LogP contribution in [0.2, 0.25) is 0 Å². The minimum Gasteiger partial charge on any atom is -0.395 e. The molecule has 0 fully saturated rings. The van der Waals surface area contributed by atoms with Crippen molar-refractivity contribution >= 4 is 0 Å². The van der Waals surface area contributed by atoms with E-state index in [-0.39, 0.29) is 12.0 Å². The average molecular weight is 262 g/mol. The molecule has 0 bridgehead atoms. The van der Waals surface area contributed by atoms with Crippen LogP contribution in [0.4, 0.5) is 0 Å². The molecule has 1 aromatic rings. The SMILES string of the molecule is CCCCCCCCC(CC)(CO)c1ccccc1. The van der Waals surface area contributed by atoms with Gasteiger partial charge in [-0.3, -0.25) is 0 Å². The molecular weight excluding hydrogens is 232 g/mol. The number of benzene rings is 1. The van der Waals surface area contributed by atoms with Crippen molar-refractivity contribution < 1.29 is 5.11 Å². The number of hydrogen-bond donors (Lipinski definition) is 1. The van der Waals surface area contributed by atoms with Crippen molar-refractivity contribution in [2.45, 2.75) is 70.6 Å². The molecule has 1 heteroatoms. The van der Waals surface area contributed by atoms with E-state index in [9.17, 15) is 5.11 Å². The Morgan fingerprint density at radius 2 is 1.53 bits per heavy atom. The van der Waals surface area contributed by atoms with E-state index >= 15 is 0 Å². The Morgan fingerprint density at radius 3 is 2.11 bits per heavy atom. The zero-order valence-electron chi connectivity index (χ0n) is 12.7. The second-order valence-electron chi connectivity index (χ2n) is 5.68. The number of aliphatic hydroxyl groups is 1. The van der Waals surface area contributed by atoms with Crippen molar-refractivity contribution in [1.82, 2.24) is 0 Å². The Morgan fingerprint density at radius 1 is 0.895 bits per heavy atom. The minimum absolute atomic E-state index is 0.0218. The van der Waals surface area contributed by atoms with Gasteiger partial charge in [-0.05, 0) is 18.4 Å². The standard InChI is InChI=1S/C18H30O/c1-3-5-6-7-8-12-15-18(4-2,16-19)17-13-10-9-11-14-17/h9-11,13-14,19H,3-8,12,15-16H2,1-2H3. The van der Waals surface area contributed by atoms with Crippen molar-refractivity contribution in [2.75, 3.05) is 6.61 Å². The maximum Gasteiger partial charge on any atom is 0.0527 e. The van der Waals surface area contributed by atoms with E-state index in [2.05, 4.69) is 38.1 Å².